The van der Waals surface area contributed by atoms with Crippen LogP contribution in [0.1, 0.15) is 155 Å². The summed E-state index contributed by atoms with van der Waals surface area (Å²) < 4.78 is 196. The van der Waals surface area contributed by atoms with E-state index in [4.69, 9.17) is 35.9 Å². The molecule has 0 saturated heterocycles. The Hall–Kier alpha value is -13.5. The molecule has 0 saturated carbocycles. The first-order chi connectivity index (χ1) is 68.9. The van der Waals surface area contributed by atoms with E-state index in [9.17, 15) is 11.0 Å². The Bertz CT molecular complexity index is 7750. The quantitative estimate of drug-likeness (QED) is 0.0998. The van der Waals surface area contributed by atoms with Gasteiger partial charge in [-0.15, -0.1) is 53.6 Å². The van der Waals surface area contributed by atoms with Crippen molar-refractivity contribution in [1.82, 2.24) is 19.1 Å². The van der Waals surface area contributed by atoms with Crippen LogP contribution in [0.3, 0.4) is 0 Å². The van der Waals surface area contributed by atoms with Crippen molar-refractivity contribution in [2.45, 2.75) is 132 Å². The zero-order valence-corrected chi connectivity index (χ0v) is 75.9. The van der Waals surface area contributed by atoms with Gasteiger partial charge in [0.25, 0.3) is 0 Å². The van der Waals surface area contributed by atoms with Crippen molar-refractivity contribution < 1.29 is 58.0 Å². The van der Waals surface area contributed by atoms with Crippen LogP contribution in [0.25, 0.3) is 99.8 Å². The second-order valence-corrected chi connectivity index (χ2v) is 36.4. The van der Waals surface area contributed by atoms with Crippen molar-refractivity contribution in [2.75, 3.05) is 26.3 Å². The molecule has 0 aliphatic carbocycles. The van der Waals surface area contributed by atoms with E-state index >= 15 is 0 Å². The number of anilines is 8. The second kappa shape index (κ2) is 33.4. The van der Waals surface area contributed by atoms with Gasteiger partial charge in [0.1, 0.15) is 29.8 Å². The number of para-hydroxylation sites is 6. The molecule has 2 aliphatic heterocycles. The normalized spacial score (nSPS) is 15.1. The van der Waals surface area contributed by atoms with Gasteiger partial charge in [-0.3, -0.25) is 4.57 Å². The van der Waals surface area contributed by atoms with Gasteiger partial charge in [0.2, 0.25) is 0 Å². The van der Waals surface area contributed by atoms with E-state index in [1.807, 2.05) is 148 Å². The largest absolute Gasteiger partial charge is 0.509 e. The van der Waals surface area contributed by atoms with Crippen LogP contribution in [0, 0.1) is 46.5 Å². The third kappa shape index (κ3) is 16.0. The summed E-state index contributed by atoms with van der Waals surface area (Å²) in [6.07, 6.45) is 3.70. The number of rotatable bonds is 14. The number of hydrogen-bond acceptors (Lipinski definition) is 8. The number of aromatic nitrogens is 4. The first-order valence-corrected chi connectivity index (χ1v) is 42.2. The van der Waals surface area contributed by atoms with Crippen molar-refractivity contribution in [3.8, 4) is 79.1 Å². The summed E-state index contributed by atoms with van der Waals surface area (Å²) in [7, 11) is 0. The van der Waals surface area contributed by atoms with Crippen molar-refractivity contribution >= 4 is 89.1 Å². The van der Waals surface area contributed by atoms with E-state index in [2.05, 4.69) is 170 Å². The Balaban J connectivity index is 0.000000191. The van der Waals surface area contributed by atoms with E-state index in [0.29, 0.717) is 73.7 Å². The summed E-state index contributed by atoms with van der Waals surface area (Å²) in [5, 5.41) is 4.18. The van der Waals surface area contributed by atoms with E-state index < -0.39 is 121 Å². The SMILES string of the molecule is [2H]c1c([2H])c([2H])c(-c2c(C)cc(C)c(-c3c([2H])c([2H])c([2H])c([2H])c3[2H])c2N2CN(c3cc(Oc4ccc5c6ccccc6n(-c6cc(C(C)(C)C)ccn6)c5c4)cc(C(C)(C)C)c3)c3ccccc32)c([2H])c1[2H].[2H]c1c([2H])c([2H])c(-c2c(C)cc(C)c(-c3c([2H])c([2H])c([2H])c([2H])c3[2H])c2N2[CH-]N(c3[c-]c(Oc4[c-]c5c(cc4)c4ccccc4n5-c4cc(C(C)(C)C)ccn4)cc(C(C)(C)C)c3)c3ccccc32)c([2H])c1[2H].[Pt]. The Morgan fingerprint density at radius 3 is 1.30 bits per heavy atom. The van der Waals surface area contributed by atoms with Gasteiger partial charge < -0.3 is 33.6 Å². The number of pyridine rings is 2. The molecule has 0 bridgehead atoms. The van der Waals surface area contributed by atoms with E-state index in [1.54, 1.807) is 46.5 Å². The summed E-state index contributed by atoms with van der Waals surface area (Å²) >= 11 is 0. The summed E-state index contributed by atoms with van der Waals surface area (Å²) in [6.45, 7) is 34.9. The summed E-state index contributed by atoms with van der Waals surface area (Å²) in [5.41, 5.74) is 14.6. The molecule has 0 atom stereocenters. The summed E-state index contributed by atoms with van der Waals surface area (Å²) in [5.74, 6) is 3.62. The van der Waals surface area contributed by atoms with Crippen LogP contribution in [-0.4, -0.2) is 25.8 Å². The smallest absolute Gasteiger partial charge is 0.137 e. The molecular formula is C116H105N8O2Pt-3. The fourth-order valence-corrected chi connectivity index (χ4v) is 17.4. The number of nitrogens with zero attached hydrogens (tertiary/aromatic N) is 8. The molecule has 0 amide bonds. The maximum atomic E-state index is 9.24. The van der Waals surface area contributed by atoms with Crippen molar-refractivity contribution in [2.24, 2.45) is 0 Å². The van der Waals surface area contributed by atoms with Crippen LogP contribution in [0.4, 0.5) is 45.5 Å². The fourth-order valence-electron chi connectivity index (χ4n) is 17.4. The molecular weight excluding hydrogens is 1730 g/mol. The number of aryl methyl sites for hydroxylation is 4. The van der Waals surface area contributed by atoms with E-state index in [0.717, 1.165) is 88.9 Å². The second-order valence-electron chi connectivity index (χ2n) is 36.4. The first-order valence-electron chi connectivity index (χ1n) is 52.2. The predicted octanol–water partition coefficient (Wildman–Crippen LogP) is 31.3. The van der Waals surface area contributed by atoms with Gasteiger partial charge in [-0.05, 0) is 201 Å². The Morgan fingerprint density at radius 2 is 0.780 bits per heavy atom. The van der Waals surface area contributed by atoms with Gasteiger partial charge in [0.15, 0.2) is 0 Å². The Kier molecular flexibility index (Phi) is 16.7. The molecule has 11 heteroatoms. The van der Waals surface area contributed by atoms with Crippen LogP contribution >= 0.6 is 0 Å². The van der Waals surface area contributed by atoms with Crippen LogP contribution in [0.5, 0.6) is 23.0 Å². The van der Waals surface area contributed by atoms with Crippen LogP contribution < -0.4 is 29.1 Å². The van der Waals surface area contributed by atoms with E-state index in [-0.39, 0.29) is 99.6 Å². The van der Waals surface area contributed by atoms with Crippen molar-refractivity contribution in [3.63, 3.8) is 0 Å². The summed E-state index contributed by atoms with van der Waals surface area (Å²) in [4.78, 5) is 17.5. The Morgan fingerprint density at radius 1 is 0.346 bits per heavy atom. The molecule has 127 heavy (non-hydrogen) atoms. The minimum Gasteiger partial charge on any atom is -0.509 e. The average Bonchev–Trinajstić information content (AvgIpc) is 1.68. The van der Waals surface area contributed by atoms with Crippen LogP contribution in [0.2, 0.25) is 0 Å². The zero-order valence-electron chi connectivity index (χ0n) is 93.6. The molecule has 20 rings (SSSR count). The van der Waals surface area contributed by atoms with Gasteiger partial charge in [-0.2, -0.15) is 6.07 Å². The molecule has 0 spiro atoms. The number of ether oxygens (including phenoxy) is 2. The van der Waals surface area contributed by atoms with Crippen molar-refractivity contribution in [1.29, 1.82) is 0 Å². The molecule has 18 aromatic rings. The predicted molar refractivity (Wildman–Crippen MR) is 527 cm³/mol. The van der Waals surface area contributed by atoms with Gasteiger partial charge in [-0.1, -0.05) is 282 Å². The molecule has 14 aromatic carbocycles. The molecule has 10 nitrogen and oxygen atoms in total. The molecule has 6 heterocycles. The molecule has 0 fully saturated rings. The average molecular weight is 1860 g/mol. The minimum absolute atomic E-state index is 0. The number of hydrogen-bond donors (Lipinski definition) is 0. The minimum atomic E-state index is -0.560. The van der Waals surface area contributed by atoms with Gasteiger partial charge >= 0.3 is 0 Å². The Labute approximate surface area is 790 Å². The summed E-state index contributed by atoms with van der Waals surface area (Å²) in [6, 6.07) is 61.0. The molecule has 4 aromatic heterocycles. The monoisotopic (exact) mass is 1860 g/mol. The van der Waals surface area contributed by atoms with Crippen molar-refractivity contribution in [3.05, 3.63) is 391 Å². The third-order valence-electron chi connectivity index (χ3n) is 23.6. The van der Waals surface area contributed by atoms with Gasteiger partial charge in [0.05, 0.1) is 55.5 Å². The first kappa shape index (κ1) is 63.4. The fraction of sp³-hybridized carbons (Fsp3) is 0.181. The maximum Gasteiger partial charge on any atom is 0.137 e. The van der Waals surface area contributed by atoms with Gasteiger partial charge in [-0.25, -0.2) is 9.97 Å². The van der Waals surface area contributed by atoms with Crippen LogP contribution in [0.15, 0.2) is 327 Å². The molecule has 2 aliphatic rings. The third-order valence-corrected chi connectivity index (χ3v) is 23.6. The number of benzene rings is 14. The van der Waals surface area contributed by atoms with Crippen LogP contribution in [-0.2, 0) is 42.7 Å². The number of fused-ring (bicyclic) bond motifs is 8. The molecule has 0 N–H and O–H groups in total. The van der Waals surface area contributed by atoms with E-state index in [1.165, 1.54) is 0 Å². The molecule has 0 radical (unpaired) electrons. The molecule has 634 valence electrons. The maximum absolute atomic E-state index is 9.24. The standard InChI is InChI=1S/C58H54N4O.C58H51N4O.Pt/c2*1-38-31-39(2)55(41-21-13-10-14-22-41)56(54(38)40-19-11-9-12-20-40)61-37-60(50-25-17-18-26-51(50)61)44-32-43(58(6,7)8)33-46(35-44)63-45-27-28-48-47-23-15-16-24-49(47)62(52(48)36-45)53-34-42(29-30-59-53)57(3,4)5;/h9-36H,37H2,1-8H3;9-34,37H,1-8H3;/q;-3;/i2*9D,10D,11D,12D,13D,14D,19D,20D,21D,22D;. The molecule has 0 unspecified atom stereocenters. The van der Waals surface area contributed by atoms with Gasteiger partial charge in [0, 0.05) is 118 Å². The zero-order chi connectivity index (χ0) is 105. The topological polar surface area (TPSA) is 67.1 Å².